The number of anilines is 1. The Labute approximate surface area is 134 Å². The number of benzene rings is 2. The van der Waals surface area contributed by atoms with E-state index in [1.54, 1.807) is 43.5 Å². The summed E-state index contributed by atoms with van der Waals surface area (Å²) in [7, 11) is -1.84. The van der Waals surface area contributed by atoms with Gasteiger partial charge >= 0.3 is 0 Å². The molecule has 2 aromatic rings. The molecule has 1 N–H and O–H groups in total. The van der Waals surface area contributed by atoms with E-state index in [1.807, 2.05) is 0 Å². The van der Waals surface area contributed by atoms with Gasteiger partial charge in [0.25, 0.3) is 0 Å². The minimum absolute atomic E-state index is 0.383. The number of nitriles is 1. The highest BCUT2D eigenvalue weighted by atomic mass is 32.2. The lowest BCUT2D eigenvalue weighted by Crippen LogP contribution is -2.15. The van der Waals surface area contributed by atoms with Crippen molar-refractivity contribution in [2.75, 3.05) is 18.1 Å². The van der Waals surface area contributed by atoms with Gasteiger partial charge in [-0.15, -0.1) is 0 Å². The molecule has 0 aromatic heterocycles. The average molecular weight is 330 g/mol. The van der Waals surface area contributed by atoms with Gasteiger partial charge in [-0.2, -0.15) is 5.26 Å². The minimum atomic E-state index is -3.40. The molecule has 6 nitrogen and oxygen atoms in total. The van der Waals surface area contributed by atoms with Gasteiger partial charge in [0.1, 0.15) is 17.6 Å². The van der Waals surface area contributed by atoms with E-state index >= 15 is 0 Å². The van der Waals surface area contributed by atoms with E-state index in [0.717, 1.165) is 17.4 Å². The Morgan fingerprint density at radius 2 is 2.09 bits per heavy atom. The average Bonchev–Trinajstić information content (AvgIpc) is 2.51. The second-order valence-corrected chi connectivity index (χ2v) is 6.89. The first-order valence-corrected chi connectivity index (χ1v) is 8.67. The predicted octanol–water partition coefficient (Wildman–Crippen LogP) is 2.69. The number of rotatable bonds is 3. The first kappa shape index (κ1) is 15.2. The Kier molecular flexibility index (Phi) is 3.62. The molecule has 118 valence electrons. The molecule has 0 bridgehead atoms. The van der Waals surface area contributed by atoms with Crippen LogP contribution in [0.15, 0.2) is 36.4 Å². The van der Waals surface area contributed by atoms with Crippen LogP contribution in [-0.2, 0) is 10.0 Å². The van der Waals surface area contributed by atoms with Gasteiger partial charge in [-0.25, -0.2) is 8.42 Å². The summed E-state index contributed by atoms with van der Waals surface area (Å²) < 4.78 is 36.3. The van der Waals surface area contributed by atoms with Crippen LogP contribution in [0, 0.1) is 11.3 Å². The van der Waals surface area contributed by atoms with E-state index in [-0.39, 0.29) is 0 Å². The SMILES string of the molecule is COc1cccc2c1-c1ccc(NS(C)(=O)=O)cc1C(C#N)O2. The van der Waals surface area contributed by atoms with Crippen LogP contribution in [0.5, 0.6) is 11.5 Å². The van der Waals surface area contributed by atoms with Crippen LogP contribution in [0.1, 0.15) is 11.7 Å². The zero-order valence-corrected chi connectivity index (χ0v) is 13.3. The monoisotopic (exact) mass is 330 g/mol. The quantitative estimate of drug-likeness (QED) is 0.934. The van der Waals surface area contributed by atoms with Gasteiger partial charge in [0.05, 0.1) is 18.9 Å². The summed E-state index contributed by atoms with van der Waals surface area (Å²) in [5, 5.41) is 9.37. The van der Waals surface area contributed by atoms with Crippen LogP contribution < -0.4 is 14.2 Å². The molecule has 1 aliphatic rings. The molecule has 0 fully saturated rings. The molecule has 1 atom stereocenters. The number of nitrogens with zero attached hydrogens (tertiary/aromatic N) is 1. The molecule has 1 heterocycles. The molecular weight excluding hydrogens is 316 g/mol. The molecule has 0 spiro atoms. The highest BCUT2D eigenvalue weighted by Gasteiger charge is 2.28. The molecule has 1 aliphatic heterocycles. The number of hydrogen-bond acceptors (Lipinski definition) is 5. The van der Waals surface area contributed by atoms with Crippen molar-refractivity contribution < 1.29 is 17.9 Å². The van der Waals surface area contributed by atoms with Crippen LogP contribution in [0.3, 0.4) is 0 Å². The Morgan fingerprint density at radius 3 is 2.74 bits per heavy atom. The molecule has 0 saturated carbocycles. The summed E-state index contributed by atoms with van der Waals surface area (Å²) in [6.45, 7) is 0. The molecule has 23 heavy (non-hydrogen) atoms. The highest BCUT2D eigenvalue weighted by Crippen LogP contribution is 2.47. The van der Waals surface area contributed by atoms with Gasteiger partial charge in [-0.1, -0.05) is 12.1 Å². The van der Waals surface area contributed by atoms with Crippen molar-refractivity contribution in [3.63, 3.8) is 0 Å². The zero-order chi connectivity index (χ0) is 16.6. The topological polar surface area (TPSA) is 88.4 Å². The second kappa shape index (κ2) is 5.48. The van der Waals surface area contributed by atoms with Gasteiger partial charge in [0.15, 0.2) is 0 Å². The summed E-state index contributed by atoms with van der Waals surface area (Å²) in [5.41, 5.74) is 2.52. The van der Waals surface area contributed by atoms with Crippen molar-refractivity contribution in [3.8, 4) is 28.7 Å². The van der Waals surface area contributed by atoms with Crippen LogP contribution in [0.25, 0.3) is 11.1 Å². The van der Waals surface area contributed by atoms with Crippen LogP contribution >= 0.6 is 0 Å². The van der Waals surface area contributed by atoms with Gasteiger partial charge in [0.2, 0.25) is 16.1 Å². The third-order valence-corrected chi connectivity index (χ3v) is 4.08. The smallest absolute Gasteiger partial charge is 0.229 e. The maximum absolute atomic E-state index is 11.4. The number of methoxy groups -OCH3 is 1. The van der Waals surface area contributed by atoms with Gasteiger partial charge in [-0.3, -0.25) is 4.72 Å². The summed E-state index contributed by atoms with van der Waals surface area (Å²) >= 11 is 0. The third kappa shape index (κ3) is 2.81. The van der Waals surface area contributed by atoms with Crippen molar-refractivity contribution in [2.24, 2.45) is 0 Å². The van der Waals surface area contributed by atoms with Crippen molar-refractivity contribution in [2.45, 2.75) is 6.10 Å². The first-order valence-electron chi connectivity index (χ1n) is 6.78. The Balaban J connectivity index is 2.20. The third-order valence-electron chi connectivity index (χ3n) is 3.48. The van der Waals surface area contributed by atoms with E-state index < -0.39 is 16.1 Å². The van der Waals surface area contributed by atoms with E-state index in [4.69, 9.17) is 9.47 Å². The largest absolute Gasteiger partial charge is 0.496 e. The van der Waals surface area contributed by atoms with E-state index in [9.17, 15) is 13.7 Å². The van der Waals surface area contributed by atoms with Gasteiger partial charge in [-0.05, 0) is 29.8 Å². The molecule has 1 unspecified atom stereocenters. The van der Waals surface area contributed by atoms with Crippen molar-refractivity contribution in [1.29, 1.82) is 5.26 Å². The molecule has 3 rings (SSSR count). The van der Waals surface area contributed by atoms with Crippen molar-refractivity contribution >= 4 is 15.7 Å². The summed E-state index contributed by atoms with van der Waals surface area (Å²) in [6.07, 6.45) is 0.259. The predicted molar refractivity (Wildman–Crippen MR) is 85.9 cm³/mol. The lowest BCUT2D eigenvalue weighted by atomic mass is 9.92. The number of ether oxygens (including phenoxy) is 2. The highest BCUT2D eigenvalue weighted by molar-refractivity contribution is 7.92. The standard InChI is InChI=1S/C16H14N2O4S/c1-21-13-4-3-5-14-16(13)11-7-6-10(18-23(2,19)20)8-12(11)15(9-17)22-14/h3-8,15,18H,1-2H3. The van der Waals surface area contributed by atoms with Crippen molar-refractivity contribution in [1.82, 2.24) is 0 Å². The number of nitrogens with one attached hydrogen (secondary N) is 1. The summed E-state index contributed by atoms with van der Waals surface area (Å²) in [4.78, 5) is 0. The van der Waals surface area contributed by atoms with Gasteiger partial charge < -0.3 is 9.47 Å². The van der Waals surface area contributed by atoms with E-state index in [0.29, 0.717) is 22.7 Å². The molecular formula is C16H14N2O4S. The molecule has 7 heteroatoms. The van der Waals surface area contributed by atoms with E-state index in [2.05, 4.69) is 10.8 Å². The van der Waals surface area contributed by atoms with Gasteiger partial charge in [0, 0.05) is 11.3 Å². The zero-order valence-electron chi connectivity index (χ0n) is 12.5. The van der Waals surface area contributed by atoms with Crippen molar-refractivity contribution in [3.05, 3.63) is 42.0 Å². The second-order valence-electron chi connectivity index (χ2n) is 5.14. The Morgan fingerprint density at radius 1 is 1.30 bits per heavy atom. The maximum Gasteiger partial charge on any atom is 0.229 e. The maximum atomic E-state index is 11.4. The minimum Gasteiger partial charge on any atom is -0.496 e. The van der Waals surface area contributed by atoms with Crippen LogP contribution in [-0.4, -0.2) is 21.8 Å². The van der Waals surface area contributed by atoms with Crippen LogP contribution in [0.4, 0.5) is 5.69 Å². The number of hydrogen-bond donors (Lipinski definition) is 1. The molecule has 0 radical (unpaired) electrons. The molecule has 0 saturated heterocycles. The Bertz CT molecular complexity index is 916. The number of sulfonamides is 1. The summed E-state index contributed by atoms with van der Waals surface area (Å²) in [6, 6.07) is 12.5. The molecule has 2 aromatic carbocycles. The van der Waals surface area contributed by atoms with E-state index in [1.165, 1.54) is 0 Å². The molecule has 0 amide bonds. The lowest BCUT2D eigenvalue weighted by Gasteiger charge is -2.26. The fourth-order valence-electron chi connectivity index (χ4n) is 2.62. The first-order chi connectivity index (χ1) is 10.9. The number of fused-ring (bicyclic) bond motifs is 3. The normalized spacial score (nSPS) is 15.6. The van der Waals surface area contributed by atoms with Crippen LogP contribution in [0.2, 0.25) is 0 Å². The Hall–Kier alpha value is -2.72. The molecule has 0 aliphatic carbocycles. The summed E-state index contributed by atoms with van der Waals surface area (Å²) in [5.74, 6) is 1.19. The lowest BCUT2D eigenvalue weighted by molar-refractivity contribution is 0.257. The fraction of sp³-hybridized carbons (Fsp3) is 0.188. The fourth-order valence-corrected chi connectivity index (χ4v) is 3.17.